The SMILES string of the molecule is c1ccc(-c2nc3cncnc3n2-c2ccccc2)cc1. The van der Waals surface area contributed by atoms with Gasteiger partial charge in [-0.3, -0.25) is 4.57 Å². The van der Waals surface area contributed by atoms with Crippen molar-refractivity contribution in [3.63, 3.8) is 0 Å². The molecule has 2 aromatic heterocycles. The maximum atomic E-state index is 4.70. The smallest absolute Gasteiger partial charge is 0.168 e. The highest BCUT2D eigenvalue weighted by atomic mass is 15.1. The zero-order valence-corrected chi connectivity index (χ0v) is 11.2. The standard InChI is InChI=1S/C17H12N4/c1-3-7-13(8-4-1)16-20-15-11-18-12-19-17(15)21(16)14-9-5-2-6-10-14/h1-12H. The van der Waals surface area contributed by atoms with Crippen LogP contribution in [0.2, 0.25) is 0 Å². The van der Waals surface area contributed by atoms with E-state index in [0.29, 0.717) is 0 Å². The van der Waals surface area contributed by atoms with Crippen molar-refractivity contribution in [3.8, 4) is 17.1 Å². The Morgan fingerprint density at radius 2 is 1.52 bits per heavy atom. The van der Waals surface area contributed by atoms with E-state index in [4.69, 9.17) is 4.98 Å². The normalized spacial score (nSPS) is 10.9. The van der Waals surface area contributed by atoms with Gasteiger partial charge < -0.3 is 0 Å². The van der Waals surface area contributed by atoms with E-state index < -0.39 is 0 Å². The monoisotopic (exact) mass is 272 g/mol. The second kappa shape index (κ2) is 4.83. The van der Waals surface area contributed by atoms with Crippen LogP contribution in [0.1, 0.15) is 0 Å². The van der Waals surface area contributed by atoms with Crippen molar-refractivity contribution in [3.05, 3.63) is 73.2 Å². The number of nitrogens with zero attached hydrogens (tertiary/aromatic N) is 4. The third kappa shape index (κ3) is 1.97. The first-order valence-electron chi connectivity index (χ1n) is 6.73. The molecule has 0 aliphatic rings. The highest BCUT2D eigenvalue weighted by molar-refractivity contribution is 5.79. The lowest BCUT2D eigenvalue weighted by Gasteiger charge is -2.08. The maximum absolute atomic E-state index is 4.70. The molecule has 0 saturated carbocycles. The first kappa shape index (κ1) is 11.8. The third-order valence-corrected chi connectivity index (χ3v) is 3.37. The Balaban J connectivity index is 2.07. The highest BCUT2D eigenvalue weighted by Crippen LogP contribution is 2.26. The van der Waals surface area contributed by atoms with E-state index in [1.807, 2.05) is 48.5 Å². The van der Waals surface area contributed by atoms with Gasteiger partial charge in [0.25, 0.3) is 0 Å². The van der Waals surface area contributed by atoms with Crippen LogP contribution >= 0.6 is 0 Å². The molecule has 100 valence electrons. The molecule has 0 radical (unpaired) electrons. The van der Waals surface area contributed by atoms with Crippen molar-refractivity contribution in [2.75, 3.05) is 0 Å². The number of aromatic nitrogens is 4. The fraction of sp³-hybridized carbons (Fsp3) is 0. The minimum Gasteiger partial charge on any atom is -0.277 e. The molecule has 21 heavy (non-hydrogen) atoms. The molecule has 4 heteroatoms. The lowest BCUT2D eigenvalue weighted by molar-refractivity contribution is 1.07. The fourth-order valence-electron chi connectivity index (χ4n) is 2.43. The van der Waals surface area contributed by atoms with Crippen molar-refractivity contribution in [2.24, 2.45) is 0 Å². The molecule has 0 fully saturated rings. The molecule has 0 aliphatic carbocycles. The zero-order valence-electron chi connectivity index (χ0n) is 11.2. The van der Waals surface area contributed by atoms with Gasteiger partial charge in [0.2, 0.25) is 0 Å². The summed E-state index contributed by atoms with van der Waals surface area (Å²) in [4.78, 5) is 13.2. The van der Waals surface area contributed by atoms with Crippen LogP contribution in [0.4, 0.5) is 0 Å². The van der Waals surface area contributed by atoms with Crippen LogP contribution in [0, 0.1) is 0 Å². The molecule has 0 bridgehead atoms. The molecule has 4 aromatic rings. The van der Waals surface area contributed by atoms with E-state index in [2.05, 4.69) is 26.7 Å². The maximum Gasteiger partial charge on any atom is 0.168 e. The van der Waals surface area contributed by atoms with E-state index in [1.165, 1.54) is 0 Å². The third-order valence-electron chi connectivity index (χ3n) is 3.37. The van der Waals surface area contributed by atoms with E-state index in [9.17, 15) is 0 Å². The summed E-state index contributed by atoms with van der Waals surface area (Å²) in [6, 6.07) is 20.2. The second-order valence-corrected chi connectivity index (χ2v) is 4.70. The summed E-state index contributed by atoms with van der Waals surface area (Å²) < 4.78 is 2.06. The van der Waals surface area contributed by atoms with Gasteiger partial charge in [-0.05, 0) is 12.1 Å². The highest BCUT2D eigenvalue weighted by Gasteiger charge is 2.14. The summed E-state index contributed by atoms with van der Waals surface area (Å²) >= 11 is 0. The van der Waals surface area contributed by atoms with Gasteiger partial charge >= 0.3 is 0 Å². The molecule has 0 unspecified atom stereocenters. The van der Waals surface area contributed by atoms with Crippen LogP contribution < -0.4 is 0 Å². The molecule has 0 saturated heterocycles. The molecular formula is C17H12N4. The molecule has 4 rings (SSSR count). The number of fused-ring (bicyclic) bond motifs is 1. The minimum atomic E-state index is 0.792. The Morgan fingerprint density at radius 1 is 0.810 bits per heavy atom. The lowest BCUT2D eigenvalue weighted by atomic mass is 10.2. The summed E-state index contributed by atoms with van der Waals surface area (Å²) in [6.07, 6.45) is 3.30. The van der Waals surface area contributed by atoms with E-state index >= 15 is 0 Å². The molecule has 2 heterocycles. The Bertz CT molecular complexity index is 882. The minimum absolute atomic E-state index is 0.792. The summed E-state index contributed by atoms with van der Waals surface area (Å²) in [7, 11) is 0. The van der Waals surface area contributed by atoms with Gasteiger partial charge in [0.05, 0.1) is 6.20 Å². The average molecular weight is 272 g/mol. The Morgan fingerprint density at radius 3 is 2.29 bits per heavy atom. The summed E-state index contributed by atoms with van der Waals surface area (Å²) in [6.45, 7) is 0. The molecule has 0 spiro atoms. The Kier molecular flexibility index (Phi) is 2.71. The van der Waals surface area contributed by atoms with Crippen molar-refractivity contribution in [1.29, 1.82) is 0 Å². The first-order chi connectivity index (χ1) is 10.4. The van der Waals surface area contributed by atoms with Crippen LogP contribution in [-0.2, 0) is 0 Å². The Labute approximate surface area is 121 Å². The fourth-order valence-corrected chi connectivity index (χ4v) is 2.43. The van der Waals surface area contributed by atoms with Crippen molar-refractivity contribution in [1.82, 2.24) is 19.5 Å². The second-order valence-electron chi connectivity index (χ2n) is 4.70. The van der Waals surface area contributed by atoms with Gasteiger partial charge in [-0.25, -0.2) is 15.0 Å². The van der Waals surface area contributed by atoms with Gasteiger partial charge in [-0.15, -0.1) is 0 Å². The van der Waals surface area contributed by atoms with Crippen LogP contribution in [0.3, 0.4) is 0 Å². The van der Waals surface area contributed by atoms with Crippen molar-refractivity contribution < 1.29 is 0 Å². The van der Waals surface area contributed by atoms with E-state index in [-0.39, 0.29) is 0 Å². The molecule has 0 atom stereocenters. The molecular weight excluding hydrogens is 260 g/mol. The topological polar surface area (TPSA) is 43.6 Å². The predicted molar refractivity (Wildman–Crippen MR) is 82.1 cm³/mol. The van der Waals surface area contributed by atoms with Crippen LogP contribution in [0.5, 0.6) is 0 Å². The number of benzene rings is 2. The average Bonchev–Trinajstić information content (AvgIpc) is 2.96. The van der Waals surface area contributed by atoms with Gasteiger partial charge in [0, 0.05) is 11.3 Å². The lowest BCUT2D eigenvalue weighted by Crippen LogP contribution is -1.98. The molecule has 0 aliphatic heterocycles. The molecule has 0 N–H and O–H groups in total. The molecule has 4 nitrogen and oxygen atoms in total. The van der Waals surface area contributed by atoms with Gasteiger partial charge in [-0.2, -0.15) is 0 Å². The number of rotatable bonds is 2. The molecule has 0 amide bonds. The van der Waals surface area contributed by atoms with Crippen molar-refractivity contribution >= 4 is 11.2 Å². The van der Waals surface area contributed by atoms with E-state index in [1.54, 1.807) is 12.5 Å². The number of hydrogen-bond acceptors (Lipinski definition) is 3. The number of hydrogen-bond donors (Lipinski definition) is 0. The Hall–Kier alpha value is -3.01. The summed E-state index contributed by atoms with van der Waals surface area (Å²) in [5, 5.41) is 0. The van der Waals surface area contributed by atoms with Crippen LogP contribution in [0.25, 0.3) is 28.2 Å². The predicted octanol–water partition coefficient (Wildman–Crippen LogP) is 3.48. The van der Waals surface area contributed by atoms with Crippen LogP contribution in [-0.4, -0.2) is 19.5 Å². The number of imidazole rings is 1. The van der Waals surface area contributed by atoms with Gasteiger partial charge in [-0.1, -0.05) is 48.5 Å². The summed E-state index contributed by atoms with van der Waals surface area (Å²) in [5.74, 6) is 0.873. The van der Waals surface area contributed by atoms with Gasteiger partial charge in [0.1, 0.15) is 17.7 Å². The zero-order chi connectivity index (χ0) is 14.1. The quantitative estimate of drug-likeness (QED) is 0.561. The first-order valence-corrected chi connectivity index (χ1v) is 6.73. The summed E-state index contributed by atoms with van der Waals surface area (Å²) in [5.41, 5.74) is 3.70. The largest absolute Gasteiger partial charge is 0.277 e. The van der Waals surface area contributed by atoms with Crippen molar-refractivity contribution in [2.45, 2.75) is 0 Å². The van der Waals surface area contributed by atoms with Crippen LogP contribution in [0.15, 0.2) is 73.2 Å². The number of para-hydroxylation sites is 1. The molecule has 2 aromatic carbocycles. The van der Waals surface area contributed by atoms with Gasteiger partial charge in [0.15, 0.2) is 5.65 Å². The van der Waals surface area contributed by atoms with E-state index in [0.717, 1.165) is 28.2 Å².